The van der Waals surface area contributed by atoms with Gasteiger partial charge < -0.3 is 0 Å². The van der Waals surface area contributed by atoms with Gasteiger partial charge in [0, 0.05) is 18.2 Å². The molecule has 0 saturated carbocycles. The van der Waals surface area contributed by atoms with Crippen molar-refractivity contribution >= 4 is 34.2 Å². The van der Waals surface area contributed by atoms with Crippen molar-refractivity contribution in [3.8, 4) is 11.4 Å². The summed E-state index contributed by atoms with van der Waals surface area (Å²) >= 11 is 8.46. The van der Waals surface area contributed by atoms with Gasteiger partial charge in [0.2, 0.25) is 0 Å². The Balaban J connectivity index is 2.49. The standard InChI is InChI=1S/C14H18ClIN4/c1-5-6-20-8-9(7-17-20)13-18-11(14(2,3)4)10(16)12(15)19-13/h7-8H,5-6H2,1-4H3. The fraction of sp³-hybridized carbons (Fsp3) is 0.500. The van der Waals surface area contributed by atoms with Crippen molar-refractivity contribution in [3.63, 3.8) is 0 Å². The predicted octanol–water partition coefficient (Wildman–Crippen LogP) is 4.31. The minimum absolute atomic E-state index is 0.0722. The minimum atomic E-state index is -0.0722. The zero-order chi connectivity index (χ0) is 14.9. The van der Waals surface area contributed by atoms with Gasteiger partial charge in [-0.25, -0.2) is 9.97 Å². The van der Waals surface area contributed by atoms with E-state index in [1.807, 2.05) is 10.9 Å². The molecule has 0 amide bonds. The molecule has 6 heteroatoms. The van der Waals surface area contributed by atoms with E-state index in [-0.39, 0.29) is 5.41 Å². The monoisotopic (exact) mass is 404 g/mol. The average molecular weight is 405 g/mol. The van der Waals surface area contributed by atoms with Crippen LogP contribution >= 0.6 is 34.2 Å². The Morgan fingerprint density at radius 3 is 2.60 bits per heavy atom. The fourth-order valence-electron chi connectivity index (χ4n) is 1.88. The van der Waals surface area contributed by atoms with Crippen molar-refractivity contribution in [2.45, 2.75) is 46.1 Å². The van der Waals surface area contributed by atoms with E-state index in [1.165, 1.54) is 0 Å². The third-order valence-corrected chi connectivity index (χ3v) is 4.48. The van der Waals surface area contributed by atoms with Crippen LogP contribution in [0.15, 0.2) is 12.4 Å². The molecule has 2 rings (SSSR count). The molecule has 0 atom stereocenters. The summed E-state index contributed by atoms with van der Waals surface area (Å²) in [4.78, 5) is 9.08. The van der Waals surface area contributed by atoms with E-state index in [1.54, 1.807) is 6.20 Å². The lowest BCUT2D eigenvalue weighted by Crippen LogP contribution is -2.17. The number of aromatic nitrogens is 4. The Hall–Kier alpha value is -0.690. The highest BCUT2D eigenvalue weighted by molar-refractivity contribution is 14.1. The Morgan fingerprint density at radius 1 is 1.30 bits per heavy atom. The van der Waals surface area contributed by atoms with Crippen molar-refractivity contribution in [2.75, 3.05) is 0 Å². The summed E-state index contributed by atoms with van der Waals surface area (Å²) in [6.45, 7) is 9.38. The molecule has 0 radical (unpaired) electrons. The van der Waals surface area contributed by atoms with Gasteiger partial charge in [0.15, 0.2) is 5.82 Å². The van der Waals surface area contributed by atoms with Gasteiger partial charge in [-0.2, -0.15) is 5.10 Å². The van der Waals surface area contributed by atoms with E-state index in [0.29, 0.717) is 11.0 Å². The average Bonchev–Trinajstić information content (AvgIpc) is 2.80. The smallest absolute Gasteiger partial charge is 0.164 e. The Morgan fingerprint density at radius 2 is 2.00 bits per heavy atom. The van der Waals surface area contributed by atoms with Gasteiger partial charge in [0.25, 0.3) is 0 Å². The van der Waals surface area contributed by atoms with Crippen LogP contribution in [0.3, 0.4) is 0 Å². The molecule has 0 fully saturated rings. The molecule has 20 heavy (non-hydrogen) atoms. The molecule has 4 nitrogen and oxygen atoms in total. The molecule has 108 valence electrons. The number of hydrogen-bond acceptors (Lipinski definition) is 3. The van der Waals surface area contributed by atoms with Gasteiger partial charge in [-0.05, 0) is 29.0 Å². The first-order valence-corrected chi connectivity index (χ1v) is 8.05. The third-order valence-electron chi connectivity index (χ3n) is 2.87. The quantitative estimate of drug-likeness (QED) is 0.566. The van der Waals surface area contributed by atoms with E-state index in [9.17, 15) is 0 Å². The molecule has 2 aromatic rings. The SMILES string of the molecule is CCCn1cc(-c2nc(Cl)c(I)c(C(C)(C)C)n2)cn1. The Labute approximate surface area is 138 Å². The van der Waals surface area contributed by atoms with Crippen LogP contribution in [0.25, 0.3) is 11.4 Å². The largest absolute Gasteiger partial charge is 0.272 e. The lowest BCUT2D eigenvalue weighted by Gasteiger charge is -2.20. The summed E-state index contributed by atoms with van der Waals surface area (Å²) in [5.74, 6) is 0.641. The van der Waals surface area contributed by atoms with Crippen molar-refractivity contribution in [1.82, 2.24) is 19.7 Å². The second-order valence-electron chi connectivity index (χ2n) is 5.74. The molecule has 0 unspecified atom stereocenters. The van der Waals surface area contributed by atoms with E-state index < -0.39 is 0 Å². The maximum Gasteiger partial charge on any atom is 0.164 e. The molecule has 2 aromatic heterocycles. The molecule has 0 saturated heterocycles. The van der Waals surface area contributed by atoms with Gasteiger partial charge in [-0.3, -0.25) is 4.68 Å². The van der Waals surface area contributed by atoms with Crippen LogP contribution in [0.2, 0.25) is 5.15 Å². The topological polar surface area (TPSA) is 43.6 Å². The first kappa shape index (κ1) is 15.7. The third kappa shape index (κ3) is 3.31. The first-order chi connectivity index (χ1) is 9.32. The number of rotatable bonds is 3. The Bertz CT molecular complexity index is 616. The van der Waals surface area contributed by atoms with Crippen molar-refractivity contribution in [2.24, 2.45) is 0 Å². The zero-order valence-corrected chi connectivity index (χ0v) is 15.0. The van der Waals surface area contributed by atoms with Gasteiger partial charge in [0.05, 0.1) is 21.0 Å². The van der Waals surface area contributed by atoms with E-state index in [0.717, 1.165) is 27.8 Å². The molecule has 0 N–H and O–H groups in total. The molecule has 0 aliphatic heterocycles. The molecule has 0 aliphatic carbocycles. The maximum absolute atomic E-state index is 6.26. The molecule has 0 aliphatic rings. The minimum Gasteiger partial charge on any atom is -0.272 e. The normalized spacial score (nSPS) is 11.9. The van der Waals surface area contributed by atoms with Crippen LogP contribution in [-0.2, 0) is 12.0 Å². The van der Waals surface area contributed by atoms with Crippen LogP contribution in [0.4, 0.5) is 0 Å². The Kier molecular flexibility index (Phi) is 4.69. The summed E-state index contributed by atoms with van der Waals surface area (Å²) in [7, 11) is 0. The molecular weight excluding hydrogens is 387 g/mol. The highest BCUT2D eigenvalue weighted by atomic mass is 127. The number of halogens is 2. The maximum atomic E-state index is 6.26. The van der Waals surface area contributed by atoms with E-state index in [2.05, 4.69) is 60.4 Å². The highest BCUT2D eigenvalue weighted by Crippen LogP contribution is 2.31. The number of hydrogen-bond donors (Lipinski definition) is 0. The van der Waals surface area contributed by atoms with Crippen LogP contribution < -0.4 is 0 Å². The van der Waals surface area contributed by atoms with E-state index in [4.69, 9.17) is 16.6 Å². The summed E-state index contributed by atoms with van der Waals surface area (Å²) in [6, 6.07) is 0. The predicted molar refractivity (Wildman–Crippen MR) is 90.0 cm³/mol. The molecule has 0 spiro atoms. The number of aryl methyl sites for hydroxylation is 1. The molecule has 2 heterocycles. The van der Waals surface area contributed by atoms with Gasteiger partial charge in [0.1, 0.15) is 5.15 Å². The van der Waals surface area contributed by atoms with Crippen LogP contribution in [0, 0.1) is 3.57 Å². The first-order valence-electron chi connectivity index (χ1n) is 6.59. The van der Waals surface area contributed by atoms with Crippen molar-refractivity contribution in [1.29, 1.82) is 0 Å². The lowest BCUT2D eigenvalue weighted by atomic mass is 9.92. The van der Waals surface area contributed by atoms with Crippen LogP contribution in [0.5, 0.6) is 0 Å². The fourth-order valence-corrected chi connectivity index (χ4v) is 3.10. The second-order valence-corrected chi connectivity index (χ2v) is 7.18. The summed E-state index contributed by atoms with van der Waals surface area (Å²) in [6.07, 6.45) is 4.80. The van der Waals surface area contributed by atoms with Crippen molar-refractivity contribution in [3.05, 3.63) is 26.8 Å². The van der Waals surface area contributed by atoms with Crippen LogP contribution in [0.1, 0.15) is 39.8 Å². The van der Waals surface area contributed by atoms with E-state index >= 15 is 0 Å². The summed E-state index contributed by atoms with van der Waals surface area (Å²) in [5, 5.41) is 4.82. The van der Waals surface area contributed by atoms with Gasteiger partial charge in [-0.15, -0.1) is 0 Å². The van der Waals surface area contributed by atoms with Gasteiger partial charge >= 0.3 is 0 Å². The second kappa shape index (κ2) is 5.97. The summed E-state index contributed by atoms with van der Waals surface area (Å²) < 4.78 is 2.82. The van der Waals surface area contributed by atoms with Gasteiger partial charge in [-0.1, -0.05) is 39.3 Å². The molecular formula is C14H18ClIN4. The summed E-state index contributed by atoms with van der Waals surface area (Å²) in [5.41, 5.74) is 1.80. The van der Waals surface area contributed by atoms with Crippen molar-refractivity contribution < 1.29 is 0 Å². The molecule has 0 bridgehead atoms. The highest BCUT2D eigenvalue weighted by Gasteiger charge is 2.23. The zero-order valence-electron chi connectivity index (χ0n) is 12.1. The lowest BCUT2D eigenvalue weighted by molar-refractivity contribution is 0.563. The number of nitrogens with zero attached hydrogens (tertiary/aromatic N) is 4. The molecule has 0 aromatic carbocycles. The van der Waals surface area contributed by atoms with Crippen LogP contribution in [-0.4, -0.2) is 19.7 Å².